The Balaban J connectivity index is 1.91. The minimum Gasteiger partial charge on any atom is -0.493 e. The molecular formula is C24H33ClN2O3. The number of rotatable bonds is 10. The zero-order chi connectivity index (χ0) is 22.1. The molecule has 2 aromatic carbocycles. The molecule has 2 rings (SSSR count). The summed E-state index contributed by atoms with van der Waals surface area (Å²) in [7, 11) is 1.57. The number of benzene rings is 2. The second-order valence-electron chi connectivity index (χ2n) is 8.49. The molecule has 6 heteroatoms. The number of methoxy groups -OCH3 is 1. The van der Waals surface area contributed by atoms with Crippen molar-refractivity contribution in [3.63, 3.8) is 0 Å². The Labute approximate surface area is 185 Å². The van der Waals surface area contributed by atoms with Gasteiger partial charge in [-0.05, 0) is 57.7 Å². The first-order chi connectivity index (χ1) is 14.2. The van der Waals surface area contributed by atoms with Crippen molar-refractivity contribution in [3.05, 3.63) is 58.6 Å². The molecule has 0 saturated heterocycles. The Morgan fingerprint density at radius 3 is 2.47 bits per heavy atom. The van der Waals surface area contributed by atoms with E-state index >= 15 is 0 Å². The molecule has 0 saturated carbocycles. The molecule has 0 radical (unpaired) electrons. The molecular weight excluding hydrogens is 400 g/mol. The van der Waals surface area contributed by atoms with Crippen LogP contribution in [-0.4, -0.2) is 31.2 Å². The maximum Gasteiger partial charge on any atom is 0.258 e. The summed E-state index contributed by atoms with van der Waals surface area (Å²) in [6.45, 7) is 8.45. The number of hydrogen-bond donors (Lipinski definition) is 2. The average Bonchev–Trinajstić information content (AvgIpc) is 2.69. The largest absolute Gasteiger partial charge is 0.493 e. The highest BCUT2D eigenvalue weighted by atomic mass is 35.5. The highest BCUT2D eigenvalue weighted by Gasteiger charge is 2.16. The van der Waals surface area contributed by atoms with E-state index in [9.17, 15) is 4.79 Å². The van der Waals surface area contributed by atoms with Crippen molar-refractivity contribution >= 4 is 17.5 Å². The minimum absolute atomic E-state index is 0.0991. The van der Waals surface area contributed by atoms with Gasteiger partial charge in [-0.25, -0.2) is 0 Å². The van der Waals surface area contributed by atoms with Crippen molar-refractivity contribution in [1.29, 1.82) is 0 Å². The van der Waals surface area contributed by atoms with Crippen LogP contribution in [0, 0.1) is 0 Å². The van der Waals surface area contributed by atoms with E-state index in [1.807, 2.05) is 32.9 Å². The Morgan fingerprint density at radius 1 is 1.13 bits per heavy atom. The maximum absolute atomic E-state index is 12.0. The van der Waals surface area contributed by atoms with Gasteiger partial charge in [-0.2, -0.15) is 0 Å². The smallest absolute Gasteiger partial charge is 0.258 e. The predicted molar refractivity (Wildman–Crippen MR) is 122 cm³/mol. The van der Waals surface area contributed by atoms with E-state index < -0.39 is 0 Å². The van der Waals surface area contributed by atoms with Crippen LogP contribution in [0.4, 0.5) is 0 Å². The van der Waals surface area contributed by atoms with Gasteiger partial charge in [0.15, 0.2) is 18.1 Å². The first kappa shape index (κ1) is 24.0. The second-order valence-corrected chi connectivity index (χ2v) is 8.89. The monoisotopic (exact) mass is 432 g/mol. The Hall–Kier alpha value is -2.24. The molecule has 1 unspecified atom stereocenters. The SMILES string of the molecule is COc1cc(CNC(C)CCc2ccccc2)c(Cl)cc1OCC(=O)NC(C)(C)C. The fraction of sp³-hybridized carbons (Fsp3) is 0.458. The number of carbonyl (C=O) groups is 1. The minimum atomic E-state index is -0.311. The summed E-state index contributed by atoms with van der Waals surface area (Å²) in [5.74, 6) is 0.808. The quantitative estimate of drug-likeness (QED) is 0.568. The van der Waals surface area contributed by atoms with E-state index in [0.29, 0.717) is 29.1 Å². The maximum atomic E-state index is 12.0. The van der Waals surface area contributed by atoms with Crippen molar-refractivity contribution in [3.8, 4) is 11.5 Å². The van der Waals surface area contributed by atoms with Crippen molar-refractivity contribution in [2.75, 3.05) is 13.7 Å². The predicted octanol–water partition coefficient (Wildman–Crippen LogP) is 4.75. The van der Waals surface area contributed by atoms with Gasteiger partial charge < -0.3 is 20.1 Å². The third-order valence-electron chi connectivity index (χ3n) is 4.56. The number of aryl methyl sites for hydroxylation is 1. The lowest BCUT2D eigenvalue weighted by Crippen LogP contribution is -2.43. The molecule has 0 heterocycles. The summed E-state index contributed by atoms with van der Waals surface area (Å²) >= 11 is 6.46. The highest BCUT2D eigenvalue weighted by Crippen LogP contribution is 2.33. The van der Waals surface area contributed by atoms with E-state index in [4.69, 9.17) is 21.1 Å². The van der Waals surface area contributed by atoms with E-state index in [-0.39, 0.29) is 18.1 Å². The van der Waals surface area contributed by atoms with E-state index in [1.54, 1.807) is 13.2 Å². The summed E-state index contributed by atoms with van der Waals surface area (Å²) in [6.07, 6.45) is 2.05. The second kappa shape index (κ2) is 11.2. The molecule has 0 bridgehead atoms. The summed E-state index contributed by atoms with van der Waals surface area (Å²) < 4.78 is 11.1. The molecule has 2 N–H and O–H groups in total. The molecule has 2 aromatic rings. The number of ether oxygens (including phenoxy) is 2. The Morgan fingerprint density at radius 2 is 1.83 bits per heavy atom. The highest BCUT2D eigenvalue weighted by molar-refractivity contribution is 6.31. The first-order valence-corrected chi connectivity index (χ1v) is 10.6. The van der Waals surface area contributed by atoms with Gasteiger partial charge in [0.25, 0.3) is 5.91 Å². The molecule has 0 aliphatic carbocycles. The third kappa shape index (κ3) is 8.25. The molecule has 1 amide bonds. The number of halogens is 1. The number of hydrogen-bond acceptors (Lipinski definition) is 4. The molecule has 30 heavy (non-hydrogen) atoms. The van der Waals surface area contributed by atoms with E-state index in [1.165, 1.54) is 5.56 Å². The van der Waals surface area contributed by atoms with Crippen LogP contribution < -0.4 is 20.1 Å². The molecule has 164 valence electrons. The summed E-state index contributed by atoms with van der Waals surface area (Å²) in [4.78, 5) is 12.0. The lowest BCUT2D eigenvalue weighted by molar-refractivity contribution is -0.124. The van der Waals surface area contributed by atoms with Gasteiger partial charge in [0.05, 0.1) is 7.11 Å². The molecule has 0 aliphatic rings. The Kier molecular flexibility index (Phi) is 9.00. The van der Waals surface area contributed by atoms with Crippen LogP contribution in [-0.2, 0) is 17.8 Å². The lowest BCUT2D eigenvalue weighted by Gasteiger charge is -2.21. The van der Waals surface area contributed by atoms with Gasteiger partial charge >= 0.3 is 0 Å². The van der Waals surface area contributed by atoms with Gasteiger partial charge in [-0.3, -0.25) is 4.79 Å². The van der Waals surface area contributed by atoms with Crippen LogP contribution in [0.5, 0.6) is 11.5 Å². The molecule has 0 fully saturated rings. The van der Waals surface area contributed by atoms with Gasteiger partial charge in [0, 0.05) is 29.2 Å². The van der Waals surface area contributed by atoms with Crippen LogP contribution in [0.1, 0.15) is 45.2 Å². The standard InChI is InChI=1S/C24H33ClN2O3/c1-17(11-12-18-9-7-6-8-10-18)26-15-19-13-21(29-5)22(14-20(19)25)30-16-23(28)27-24(2,3)4/h6-10,13-14,17,26H,11-12,15-16H2,1-5H3,(H,27,28). The van der Waals surface area contributed by atoms with Gasteiger partial charge in [-0.1, -0.05) is 41.9 Å². The molecule has 5 nitrogen and oxygen atoms in total. The van der Waals surface area contributed by atoms with Gasteiger partial charge in [-0.15, -0.1) is 0 Å². The van der Waals surface area contributed by atoms with Gasteiger partial charge in [0.1, 0.15) is 0 Å². The van der Waals surface area contributed by atoms with Crippen LogP contribution in [0.3, 0.4) is 0 Å². The molecule has 1 atom stereocenters. The average molecular weight is 433 g/mol. The molecule has 0 spiro atoms. The number of nitrogens with one attached hydrogen (secondary N) is 2. The van der Waals surface area contributed by atoms with Crippen LogP contribution in [0.25, 0.3) is 0 Å². The fourth-order valence-corrected chi connectivity index (χ4v) is 3.22. The van der Waals surface area contributed by atoms with Crippen LogP contribution in [0.2, 0.25) is 5.02 Å². The van der Waals surface area contributed by atoms with Gasteiger partial charge in [0.2, 0.25) is 0 Å². The van der Waals surface area contributed by atoms with Crippen molar-refractivity contribution in [2.45, 2.75) is 58.7 Å². The van der Waals surface area contributed by atoms with Crippen LogP contribution in [0.15, 0.2) is 42.5 Å². The summed E-state index contributed by atoms with van der Waals surface area (Å²) in [5.41, 5.74) is 1.95. The lowest BCUT2D eigenvalue weighted by atomic mass is 10.1. The Bertz CT molecular complexity index is 819. The normalized spacial score (nSPS) is 12.3. The van der Waals surface area contributed by atoms with E-state index in [2.05, 4.69) is 41.8 Å². The van der Waals surface area contributed by atoms with Crippen molar-refractivity contribution in [1.82, 2.24) is 10.6 Å². The van der Waals surface area contributed by atoms with Crippen molar-refractivity contribution in [2.24, 2.45) is 0 Å². The topological polar surface area (TPSA) is 59.6 Å². The van der Waals surface area contributed by atoms with Crippen LogP contribution >= 0.6 is 11.6 Å². The zero-order valence-electron chi connectivity index (χ0n) is 18.5. The first-order valence-electron chi connectivity index (χ1n) is 10.3. The fourth-order valence-electron chi connectivity index (χ4n) is 3.00. The summed E-state index contributed by atoms with van der Waals surface area (Å²) in [6, 6.07) is 14.4. The van der Waals surface area contributed by atoms with E-state index in [0.717, 1.165) is 18.4 Å². The number of carbonyl (C=O) groups excluding carboxylic acids is 1. The molecule has 0 aromatic heterocycles. The third-order valence-corrected chi connectivity index (χ3v) is 4.91. The summed E-state index contributed by atoms with van der Waals surface area (Å²) in [5, 5.41) is 6.95. The molecule has 0 aliphatic heterocycles. The van der Waals surface area contributed by atoms with Crippen molar-refractivity contribution < 1.29 is 14.3 Å². The number of amides is 1. The zero-order valence-corrected chi connectivity index (χ0v) is 19.3.